The first-order chi connectivity index (χ1) is 20.3. The molecular weight excluding hydrogens is 546 g/mol. The van der Waals surface area contributed by atoms with Gasteiger partial charge in [-0.25, -0.2) is 18.4 Å². The Morgan fingerprint density at radius 1 is 0.786 bits per heavy atom. The molecule has 0 atom stereocenters. The largest absolute Gasteiger partial charge is 0.348 e. The van der Waals surface area contributed by atoms with Crippen LogP contribution in [0.25, 0.3) is 27.9 Å². The highest BCUT2D eigenvalue weighted by molar-refractivity contribution is 7.92. The quantitative estimate of drug-likeness (QED) is 0.226. The van der Waals surface area contributed by atoms with Gasteiger partial charge in [0.25, 0.3) is 15.9 Å². The van der Waals surface area contributed by atoms with Gasteiger partial charge < -0.3 is 5.32 Å². The van der Waals surface area contributed by atoms with E-state index in [4.69, 9.17) is 9.97 Å². The van der Waals surface area contributed by atoms with Crippen molar-refractivity contribution in [1.82, 2.24) is 19.9 Å². The number of rotatable bonds is 8. The molecule has 0 bridgehead atoms. The van der Waals surface area contributed by atoms with E-state index in [1.54, 1.807) is 28.8 Å². The highest BCUT2D eigenvalue weighted by Gasteiger charge is 2.30. The molecule has 4 aromatic carbocycles. The van der Waals surface area contributed by atoms with Crippen LogP contribution < -0.4 is 10.0 Å². The molecule has 9 heteroatoms. The van der Waals surface area contributed by atoms with Crippen LogP contribution in [0.1, 0.15) is 34.0 Å². The average molecular weight is 576 g/mol. The summed E-state index contributed by atoms with van der Waals surface area (Å²) < 4.78 is 31.9. The number of fused-ring (bicyclic) bond motifs is 2. The summed E-state index contributed by atoms with van der Waals surface area (Å²) >= 11 is 0. The van der Waals surface area contributed by atoms with Crippen LogP contribution in [0.5, 0.6) is 0 Å². The Morgan fingerprint density at radius 2 is 1.43 bits per heavy atom. The maximum atomic E-state index is 14.0. The molecule has 2 N–H and O–H groups in total. The molecular formula is C33H29N5O3S. The number of carbonyl (C=O) groups excluding carboxylic acids is 1. The molecule has 2 aromatic heterocycles. The number of sulfonamides is 1. The number of benzene rings is 4. The van der Waals surface area contributed by atoms with Crippen molar-refractivity contribution >= 4 is 43.9 Å². The lowest BCUT2D eigenvalue weighted by atomic mass is 10.1. The number of nitrogens with zero attached hydrogens (tertiary/aromatic N) is 3. The summed E-state index contributed by atoms with van der Waals surface area (Å²) in [6, 6.07) is 31.2. The van der Waals surface area contributed by atoms with Gasteiger partial charge >= 0.3 is 0 Å². The molecule has 42 heavy (non-hydrogen) atoms. The number of anilines is 1. The van der Waals surface area contributed by atoms with Crippen LogP contribution in [0, 0.1) is 6.92 Å². The number of aryl methyl sites for hydroxylation is 2. The third-order valence-corrected chi connectivity index (χ3v) is 8.50. The van der Waals surface area contributed by atoms with Gasteiger partial charge in [-0.2, -0.15) is 0 Å². The van der Waals surface area contributed by atoms with Crippen LogP contribution >= 0.6 is 0 Å². The van der Waals surface area contributed by atoms with Crippen LogP contribution in [0.4, 0.5) is 5.82 Å². The first-order valence-corrected chi connectivity index (χ1v) is 15.1. The molecule has 0 aliphatic heterocycles. The third-order valence-electron chi connectivity index (χ3n) is 7.15. The minimum absolute atomic E-state index is 0.0655. The number of aromatic nitrogens is 3. The van der Waals surface area contributed by atoms with E-state index in [2.05, 4.69) is 17.0 Å². The Balaban J connectivity index is 1.60. The van der Waals surface area contributed by atoms with E-state index in [1.807, 2.05) is 85.8 Å². The normalized spacial score (nSPS) is 11.6. The summed E-state index contributed by atoms with van der Waals surface area (Å²) in [5, 5.41) is 2.96. The van der Waals surface area contributed by atoms with Gasteiger partial charge in [-0.1, -0.05) is 79.2 Å². The molecule has 210 valence electrons. The van der Waals surface area contributed by atoms with Gasteiger partial charge in [-0.15, -0.1) is 0 Å². The van der Waals surface area contributed by atoms with Crippen molar-refractivity contribution in [2.75, 3.05) is 4.72 Å². The number of para-hydroxylation sites is 2. The minimum Gasteiger partial charge on any atom is -0.348 e. The van der Waals surface area contributed by atoms with E-state index in [0.29, 0.717) is 27.9 Å². The molecule has 8 nitrogen and oxygen atoms in total. The van der Waals surface area contributed by atoms with Crippen molar-refractivity contribution in [2.24, 2.45) is 0 Å². The third kappa shape index (κ3) is 5.22. The molecule has 6 rings (SSSR count). The topological polar surface area (TPSA) is 106 Å². The predicted octanol–water partition coefficient (Wildman–Crippen LogP) is 6.18. The van der Waals surface area contributed by atoms with Crippen molar-refractivity contribution in [3.63, 3.8) is 0 Å². The lowest BCUT2D eigenvalue weighted by molar-refractivity contribution is 0.0953. The molecule has 0 aliphatic rings. The van der Waals surface area contributed by atoms with Gasteiger partial charge in [0.1, 0.15) is 16.9 Å². The second-order valence-electron chi connectivity index (χ2n) is 10.1. The van der Waals surface area contributed by atoms with Crippen LogP contribution in [0.3, 0.4) is 0 Å². The maximum absolute atomic E-state index is 14.0. The van der Waals surface area contributed by atoms with Crippen LogP contribution in [0.2, 0.25) is 0 Å². The fraction of sp³-hybridized carbons (Fsp3) is 0.121. The van der Waals surface area contributed by atoms with Crippen LogP contribution in [-0.2, 0) is 23.0 Å². The van der Waals surface area contributed by atoms with Gasteiger partial charge in [0.2, 0.25) is 0 Å². The highest BCUT2D eigenvalue weighted by atomic mass is 32.2. The summed E-state index contributed by atoms with van der Waals surface area (Å²) in [5.41, 5.74) is 5.56. The lowest BCUT2D eigenvalue weighted by Gasteiger charge is -2.15. The first kappa shape index (κ1) is 27.2. The summed E-state index contributed by atoms with van der Waals surface area (Å²) in [4.78, 5) is 23.8. The number of hydrogen-bond donors (Lipinski definition) is 2. The maximum Gasteiger partial charge on any atom is 0.263 e. The van der Waals surface area contributed by atoms with Crippen LogP contribution in [0.15, 0.2) is 108 Å². The van der Waals surface area contributed by atoms with Gasteiger partial charge in [-0.3, -0.25) is 14.1 Å². The Hall–Kier alpha value is -5.02. The molecule has 1 amide bonds. The van der Waals surface area contributed by atoms with Crippen LogP contribution in [-0.4, -0.2) is 28.9 Å². The fourth-order valence-corrected chi connectivity index (χ4v) is 5.92. The Labute approximate surface area is 244 Å². The van der Waals surface area contributed by atoms with E-state index < -0.39 is 15.9 Å². The molecule has 0 saturated heterocycles. The van der Waals surface area contributed by atoms with E-state index >= 15 is 0 Å². The summed E-state index contributed by atoms with van der Waals surface area (Å²) in [6.45, 7) is 4.20. The molecule has 0 fully saturated rings. The first-order valence-electron chi connectivity index (χ1n) is 13.7. The summed E-state index contributed by atoms with van der Waals surface area (Å²) in [7, 11) is -4.10. The molecule has 0 unspecified atom stereocenters. The highest BCUT2D eigenvalue weighted by Crippen LogP contribution is 2.34. The molecule has 6 aromatic rings. The Bertz CT molecular complexity index is 2020. The van der Waals surface area contributed by atoms with Gasteiger partial charge in [-0.05, 0) is 60.9 Å². The molecule has 0 spiro atoms. The van der Waals surface area contributed by atoms with Crippen molar-refractivity contribution in [3.05, 3.63) is 125 Å². The SMILES string of the molecule is CCc1ccc(-n2c(NS(=O)(=O)c3ccc(C)cc3)c(C(=O)NCc3ccccc3)c3nc4ccccc4nc32)cc1. The standard InChI is InChI=1S/C33H29N5O3S/c1-3-23-15-17-25(18-16-23)38-31(37-42(40,41)26-19-13-22(2)14-20-26)29(33(39)34-21-24-9-5-4-6-10-24)30-32(38)36-28-12-8-7-11-27(28)35-30/h4-20,37H,3,21H2,1-2H3,(H,34,39). The van der Waals surface area contributed by atoms with Crippen molar-refractivity contribution < 1.29 is 13.2 Å². The van der Waals surface area contributed by atoms with Gasteiger partial charge in [0, 0.05) is 12.2 Å². The zero-order valence-electron chi connectivity index (χ0n) is 23.2. The molecule has 0 aliphatic carbocycles. The molecule has 0 radical (unpaired) electrons. The second-order valence-corrected chi connectivity index (χ2v) is 11.7. The summed E-state index contributed by atoms with van der Waals surface area (Å²) in [6.07, 6.45) is 0.844. The average Bonchev–Trinajstić information content (AvgIpc) is 3.31. The van der Waals surface area contributed by atoms with Crippen molar-refractivity contribution in [1.29, 1.82) is 0 Å². The number of carbonyl (C=O) groups is 1. The second kappa shape index (κ2) is 11.1. The van der Waals surface area contributed by atoms with E-state index in [0.717, 1.165) is 23.1 Å². The number of nitrogens with one attached hydrogen (secondary N) is 2. The lowest BCUT2D eigenvalue weighted by Crippen LogP contribution is -2.25. The predicted molar refractivity (Wildman–Crippen MR) is 165 cm³/mol. The van der Waals surface area contributed by atoms with Gasteiger partial charge in [0.15, 0.2) is 5.65 Å². The Kier molecular flexibility index (Phi) is 7.18. The van der Waals surface area contributed by atoms with E-state index in [9.17, 15) is 13.2 Å². The molecule has 2 heterocycles. The zero-order chi connectivity index (χ0) is 29.3. The minimum atomic E-state index is -4.10. The number of hydrogen-bond acceptors (Lipinski definition) is 5. The monoisotopic (exact) mass is 575 g/mol. The fourth-order valence-electron chi connectivity index (χ4n) is 4.86. The van der Waals surface area contributed by atoms with Gasteiger partial charge in [0.05, 0.1) is 15.9 Å². The Morgan fingerprint density at radius 3 is 2.10 bits per heavy atom. The van der Waals surface area contributed by atoms with E-state index in [1.165, 1.54) is 0 Å². The molecule has 0 saturated carbocycles. The van der Waals surface area contributed by atoms with Crippen molar-refractivity contribution in [3.8, 4) is 5.69 Å². The summed E-state index contributed by atoms with van der Waals surface area (Å²) in [5.74, 6) is -0.408. The van der Waals surface area contributed by atoms with E-state index in [-0.39, 0.29) is 22.8 Å². The van der Waals surface area contributed by atoms with Crippen molar-refractivity contribution in [2.45, 2.75) is 31.7 Å². The smallest absolute Gasteiger partial charge is 0.263 e. The number of amides is 1. The zero-order valence-corrected chi connectivity index (χ0v) is 24.0.